The maximum absolute atomic E-state index is 12.8. The number of nitrogens with zero attached hydrogens (tertiary/aromatic N) is 5. The van der Waals surface area contributed by atoms with Crippen molar-refractivity contribution in [1.82, 2.24) is 23.7 Å². The first-order valence-corrected chi connectivity index (χ1v) is 12.5. The Morgan fingerprint density at radius 1 is 1.16 bits per heavy atom. The SMILES string of the molecule is CCn1c(CCC(=O)N2CCN(CC(C)C)CC2)nc2cc(S(=O)(=O)N(C)C)ccc21. The molecule has 3 rings (SSSR count). The van der Waals surface area contributed by atoms with Gasteiger partial charge in [-0.2, -0.15) is 0 Å². The number of carbonyl (C=O) groups excluding carboxylic acids is 1. The molecule has 1 aliphatic rings. The number of hydrogen-bond acceptors (Lipinski definition) is 5. The Labute approximate surface area is 185 Å². The van der Waals surface area contributed by atoms with Crippen LogP contribution in [0.3, 0.4) is 0 Å². The second-order valence-corrected chi connectivity index (χ2v) is 10.9. The number of fused-ring (bicyclic) bond motifs is 1. The monoisotopic (exact) mass is 449 g/mol. The molecule has 8 nitrogen and oxygen atoms in total. The fourth-order valence-corrected chi connectivity index (χ4v) is 5.07. The van der Waals surface area contributed by atoms with E-state index in [-0.39, 0.29) is 10.8 Å². The molecule has 0 radical (unpaired) electrons. The molecule has 1 saturated heterocycles. The van der Waals surface area contributed by atoms with Crippen LogP contribution >= 0.6 is 0 Å². The highest BCUT2D eigenvalue weighted by Crippen LogP contribution is 2.23. The summed E-state index contributed by atoms with van der Waals surface area (Å²) < 4.78 is 28.2. The Kier molecular flexibility index (Phi) is 7.39. The van der Waals surface area contributed by atoms with Crippen LogP contribution < -0.4 is 0 Å². The van der Waals surface area contributed by atoms with Crippen molar-refractivity contribution in [2.75, 3.05) is 46.8 Å². The molecule has 2 aromatic rings. The van der Waals surface area contributed by atoms with Gasteiger partial charge in [0.1, 0.15) is 5.82 Å². The van der Waals surface area contributed by atoms with Gasteiger partial charge in [-0.15, -0.1) is 0 Å². The van der Waals surface area contributed by atoms with E-state index in [1.165, 1.54) is 18.4 Å². The number of rotatable bonds is 8. The quantitative estimate of drug-likeness (QED) is 0.616. The molecule has 2 heterocycles. The van der Waals surface area contributed by atoms with Crippen LogP contribution in [0.2, 0.25) is 0 Å². The first-order valence-electron chi connectivity index (χ1n) is 11.0. The number of aromatic nitrogens is 2. The molecular weight excluding hydrogens is 414 g/mol. The van der Waals surface area contributed by atoms with Crippen molar-refractivity contribution < 1.29 is 13.2 Å². The molecule has 0 spiro atoms. The summed E-state index contributed by atoms with van der Waals surface area (Å²) in [5.74, 6) is 1.62. The Hall–Kier alpha value is -1.97. The van der Waals surface area contributed by atoms with Crippen LogP contribution in [-0.2, 0) is 27.8 Å². The zero-order valence-electron chi connectivity index (χ0n) is 19.3. The van der Waals surface area contributed by atoms with Crippen molar-refractivity contribution in [2.45, 2.75) is 45.1 Å². The first kappa shape index (κ1) is 23.7. The van der Waals surface area contributed by atoms with Crippen LogP contribution in [0.15, 0.2) is 23.1 Å². The van der Waals surface area contributed by atoms with Gasteiger partial charge in [0.2, 0.25) is 15.9 Å². The lowest BCUT2D eigenvalue weighted by atomic mass is 10.2. The van der Waals surface area contributed by atoms with Gasteiger partial charge in [-0.3, -0.25) is 9.69 Å². The second-order valence-electron chi connectivity index (χ2n) is 8.79. The summed E-state index contributed by atoms with van der Waals surface area (Å²) >= 11 is 0. The number of carbonyl (C=O) groups is 1. The summed E-state index contributed by atoms with van der Waals surface area (Å²) in [6, 6.07) is 5.05. The van der Waals surface area contributed by atoms with Gasteiger partial charge in [0.25, 0.3) is 0 Å². The molecule has 0 saturated carbocycles. The number of amides is 1. The van der Waals surface area contributed by atoms with Gasteiger partial charge in [0.15, 0.2) is 0 Å². The lowest BCUT2D eigenvalue weighted by Gasteiger charge is -2.35. The minimum Gasteiger partial charge on any atom is -0.340 e. The average molecular weight is 450 g/mol. The van der Waals surface area contributed by atoms with Crippen LogP contribution in [0.4, 0.5) is 0 Å². The fraction of sp³-hybridized carbons (Fsp3) is 0.636. The molecule has 0 unspecified atom stereocenters. The van der Waals surface area contributed by atoms with Crippen molar-refractivity contribution in [2.24, 2.45) is 5.92 Å². The summed E-state index contributed by atoms with van der Waals surface area (Å²) in [6.45, 7) is 11.7. The topological polar surface area (TPSA) is 78.8 Å². The van der Waals surface area contributed by atoms with Gasteiger partial charge in [0.05, 0.1) is 15.9 Å². The molecule has 1 aromatic heterocycles. The Morgan fingerprint density at radius 3 is 2.42 bits per heavy atom. The van der Waals surface area contributed by atoms with Crippen molar-refractivity contribution >= 4 is 27.0 Å². The van der Waals surface area contributed by atoms with Gasteiger partial charge in [-0.25, -0.2) is 17.7 Å². The van der Waals surface area contributed by atoms with Gasteiger partial charge in [-0.05, 0) is 31.0 Å². The van der Waals surface area contributed by atoms with Gasteiger partial charge < -0.3 is 9.47 Å². The van der Waals surface area contributed by atoms with E-state index in [2.05, 4.69) is 28.3 Å². The van der Waals surface area contributed by atoms with Crippen LogP contribution in [-0.4, -0.2) is 84.8 Å². The summed E-state index contributed by atoms with van der Waals surface area (Å²) in [7, 11) is -0.476. The van der Waals surface area contributed by atoms with Gasteiger partial charge >= 0.3 is 0 Å². The van der Waals surface area contributed by atoms with Crippen molar-refractivity contribution in [1.29, 1.82) is 0 Å². The first-order chi connectivity index (χ1) is 14.6. The smallest absolute Gasteiger partial charge is 0.242 e. The molecule has 0 bridgehead atoms. The second kappa shape index (κ2) is 9.67. The summed E-state index contributed by atoms with van der Waals surface area (Å²) in [5.41, 5.74) is 1.54. The average Bonchev–Trinajstić information content (AvgIpc) is 3.08. The molecule has 1 fully saturated rings. The number of hydrogen-bond donors (Lipinski definition) is 0. The number of imidazole rings is 1. The highest BCUT2D eigenvalue weighted by Gasteiger charge is 2.23. The van der Waals surface area contributed by atoms with Crippen LogP contribution in [0.25, 0.3) is 11.0 Å². The third kappa shape index (κ3) is 5.27. The Bertz CT molecular complexity index is 1020. The molecule has 0 N–H and O–H groups in total. The van der Waals surface area contributed by atoms with Crippen molar-refractivity contribution in [3.63, 3.8) is 0 Å². The lowest BCUT2D eigenvalue weighted by Crippen LogP contribution is -2.49. The minimum atomic E-state index is -3.51. The van der Waals surface area contributed by atoms with E-state index in [9.17, 15) is 13.2 Å². The molecule has 1 aliphatic heterocycles. The Morgan fingerprint density at radius 2 is 1.84 bits per heavy atom. The van der Waals surface area contributed by atoms with E-state index in [1.54, 1.807) is 12.1 Å². The highest BCUT2D eigenvalue weighted by atomic mass is 32.2. The fourth-order valence-electron chi connectivity index (χ4n) is 4.15. The standard InChI is InChI=1S/C22H35N5O3S/c1-6-27-20-8-7-18(31(29,30)24(4)5)15-19(20)23-21(27)9-10-22(28)26-13-11-25(12-14-26)16-17(2)3/h7-8,15,17H,6,9-14,16H2,1-5H3. The van der Waals surface area contributed by atoms with E-state index in [4.69, 9.17) is 0 Å². The Balaban J connectivity index is 1.69. The zero-order chi connectivity index (χ0) is 22.8. The number of benzene rings is 1. The third-order valence-electron chi connectivity index (χ3n) is 5.80. The molecule has 0 aliphatic carbocycles. The van der Waals surface area contributed by atoms with Crippen LogP contribution in [0.5, 0.6) is 0 Å². The number of piperazine rings is 1. The zero-order valence-corrected chi connectivity index (χ0v) is 20.2. The number of aryl methyl sites for hydroxylation is 2. The summed E-state index contributed by atoms with van der Waals surface area (Å²) in [6.07, 6.45) is 0.958. The summed E-state index contributed by atoms with van der Waals surface area (Å²) in [4.78, 5) is 22.0. The lowest BCUT2D eigenvalue weighted by molar-refractivity contribution is -0.133. The van der Waals surface area contributed by atoms with Crippen LogP contribution in [0, 0.1) is 5.92 Å². The largest absolute Gasteiger partial charge is 0.340 e. The molecule has 0 atom stereocenters. The van der Waals surface area contributed by atoms with E-state index in [1.807, 2.05) is 17.9 Å². The molecular formula is C22H35N5O3S. The minimum absolute atomic E-state index is 0.162. The van der Waals surface area contributed by atoms with E-state index in [0.717, 1.165) is 44.1 Å². The van der Waals surface area contributed by atoms with Crippen molar-refractivity contribution in [3.05, 3.63) is 24.0 Å². The highest BCUT2D eigenvalue weighted by molar-refractivity contribution is 7.89. The van der Waals surface area contributed by atoms with Crippen LogP contribution in [0.1, 0.15) is 33.0 Å². The maximum Gasteiger partial charge on any atom is 0.242 e. The van der Waals surface area contributed by atoms with Crippen molar-refractivity contribution in [3.8, 4) is 0 Å². The molecule has 9 heteroatoms. The van der Waals surface area contributed by atoms with Gasteiger partial charge in [0, 0.05) is 66.2 Å². The predicted molar refractivity (Wildman–Crippen MR) is 122 cm³/mol. The molecule has 31 heavy (non-hydrogen) atoms. The molecule has 1 amide bonds. The third-order valence-corrected chi connectivity index (χ3v) is 7.62. The molecule has 1 aromatic carbocycles. The number of sulfonamides is 1. The van der Waals surface area contributed by atoms with E-state index >= 15 is 0 Å². The predicted octanol–water partition coefficient (Wildman–Crippen LogP) is 2.04. The normalized spacial score (nSPS) is 16.0. The summed E-state index contributed by atoms with van der Waals surface area (Å²) in [5, 5.41) is 0. The molecule has 172 valence electrons. The maximum atomic E-state index is 12.8. The van der Waals surface area contributed by atoms with E-state index < -0.39 is 10.0 Å². The van der Waals surface area contributed by atoms with E-state index in [0.29, 0.717) is 30.8 Å². The van der Waals surface area contributed by atoms with Gasteiger partial charge in [-0.1, -0.05) is 13.8 Å².